The zero-order valence-corrected chi connectivity index (χ0v) is 13.5. The van der Waals surface area contributed by atoms with Crippen LogP contribution in [0.4, 0.5) is 4.39 Å². The van der Waals surface area contributed by atoms with Crippen molar-refractivity contribution in [2.75, 3.05) is 13.1 Å². The van der Waals surface area contributed by atoms with Gasteiger partial charge in [0, 0.05) is 25.4 Å². The van der Waals surface area contributed by atoms with Crippen molar-refractivity contribution in [2.45, 2.75) is 38.0 Å². The summed E-state index contributed by atoms with van der Waals surface area (Å²) in [4.78, 5) is 18.8. The SMILES string of the molecule is O=C(Cc1cccc(F)c1)N1CCC(Cc2nc(C3CC3)n[nH]2)C1. The summed E-state index contributed by atoms with van der Waals surface area (Å²) >= 11 is 0. The van der Waals surface area contributed by atoms with E-state index in [2.05, 4.69) is 15.2 Å². The van der Waals surface area contributed by atoms with E-state index in [0.29, 0.717) is 11.8 Å². The van der Waals surface area contributed by atoms with Gasteiger partial charge in [-0.1, -0.05) is 12.1 Å². The quantitative estimate of drug-likeness (QED) is 0.917. The molecule has 0 spiro atoms. The van der Waals surface area contributed by atoms with Crippen LogP contribution in [0.1, 0.15) is 42.4 Å². The minimum Gasteiger partial charge on any atom is -0.342 e. The number of rotatable bonds is 5. The standard InChI is InChI=1S/C18H21FN4O/c19-15-3-1-2-12(8-15)10-17(24)23-7-6-13(11-23)9-16-20-18(22-21-16)14-4-5-14/h1-3,8,13-14H,4-7,9-11H2,(H,20,21,22). The van der Waals surface area contributed by atoms with Gasteiger partial charge in [-0.3, -0.25) is 9.89 Å². The molecule has 4 rings (SSSR count). The second-order valence-corrected chi connectivity index (χ2v) is 6.92. The number of carbonyl (C=O) groups is 1. The summed E-state index contributed by atoms with van der Waals surface area (Å²) in [6.07, 6.45) is 4.47. The first-order chi connectivity index (χ1) is 11.7. The van der Waals surface area contributed by atoms with Crippen LogP contribution in [-0.2, 0) is 17.6 Å². The molecule has 2 aromatic rings. The fourth-order valence-corrected chi connectivity index (χ4v) is 3.36. The highest BCUT2D eigenvalue weighted by Gasteiger charge is 2.30. The maximum Gasteiger partial charge on any atom is 0.227 e. The molecule has 24 heavy (non-hydrogen) atoms. The van der Waals surface area contributed by atoms with E-state index >= 15 is 0 Å². The molecule has 2 heterocycles. The molecule has 2 fully saturated rings. The van der Waals surface area contributed by atoms with Gasteiger partial charge in [0.1, 0.15) is 11.6 Å². The van der Waals surface area contributed by atoms with Gasteiger partial charge in [0.2, 0.25) is 5.91 Å². The number of benzene rings is 1. The van der Waals surface area contributed by atoms with Crippen LogP contribution in [0.3, 0.4) is 0 Å². The van der Waals surface area contributed by atoms with E-state index < -0.39 is 0 Å². The van der Waals surface area contributed by atoms with Gasteiger partial charge in [-0.25, -0.2) is 9.37 Å². The molecule has 2 aliphatic rings. The maximum absolute atomic E-state index is 13.2. The Morgan fingerprint density at radius 1 is 1.33 bits per heavy atom. The summed E-state index contributed by atoms with van der Waals surface area (Å²) < 4.78 is 13.2. The Morgan fingerprint density at radius 2 is 2.21 bits per heavy atom. The third kappa shape index (κ3) is 3.47. The van der Waals surface area contributed by atoms with Gasteiger partial charge in [-0.2, -0.15) is 5.10 Å². The average molecular weight is 328 g/mol. The molecular weight excluding hydrogens is 307 g/mol. The lowest BCUT2D eigenvalue weighted by Crippen LogP contribution is -2.30. The van der Waals surface area contributed by atoms with Crippen LogP contribution in [0, 0.1) is 11.7 Å². The summed E-state index contributed by atoms with van der Waals surface area (Å²) in [7, 11) is 0. The van der Waals surface area contributed by atoms with E-state index in [9.17, 15) is 9.18 Å². The number of halogens is 1. The van der Waals surface area contributed by atoms with Gasteiger partial charge < -0.3 is 4.90 Å². The zero-order valence-electron chi connectivity index (χ0n) is 13.5. The first-order valence-corrected chi connectivity index (χ1v) is 8.61. The van der Waals surface area contributed by atoms with Crippen molar-refractivity contribution in [3.8, 4) is 0 Å². The molecular formula is C18H21FN4O. The Kier molecular flexibility index (Phi) is 4.04. The number of hydrogen-bond acceptors (Lipinski definition) is 3. The molecule has 1 aliphatic carbocycles. The summed E-state index contributed by atoms with van der Waals surface area (Å²) in [5.74, 6) is 2.63. The van der Waals surface area contributed by atoms with Gasteiger partial charge in [0.25, 0.3) is 0 Å². The lowest BCUT2D eigenvalue weighted by atomic mass is 10.0. The third-order valence-electron chi connectivity index (χ3n) is 4.86. The molecule has 1 amide bonds. The van der Waals surface area contributed by atoms with E-state index in [1.807, 2.05) is 4.90 Å². The molecule has 126 valence electrons. The first-order valence-electron chi connectivity index (χ1n) is 8.61. The van der Waals surface area contributed by atoms with Gasteiger partial charge in [-0.05, 0) is 42.9 Å². The van der Waals surface area contributed by atoms with E-state index in [1.165, 1.54) is 25.0 Å². The van der Waals surface area contributed by atoms with Crippen LogP contribution >= 0.6 is 0 Å². The van der Waals surface area contributed by atoms with Gasteiger partial charge in [-0.15, -0.1) is 0 Å². The highest BCUT2D eigenvalue weighted by atomic mass is 19.1. The van der Waals surface area contributed by atoms with Gasteiger partial charge in [0.05, 0.1) is 6.42 Å². The van der Waals surface area contributed by atoms with Crippen molar-refractivity contribution in [3.63, 3.8) is 0 Å². The highest BCUT2D eigenvalue weighted by molar-refractivity contribution is 5.79. The molecule has 1 aliphatic heterocycles. The number of nitrogens with one attached hydrogen (secondary N) is 1. The number of hydrogen-bond donors (Lipinski definition) is 1. The predicted octanol–water partition coefficient (Wildman–Crippen LogP) is 2.45. The van der Waals surface area contributed by atoms with Crippen LogP contribution in [0.15, 0.2) is 24.3 Å². The number of H-pyrrole nitrogens is 1. The topological polar surface area (TPSA) is 61.9 Å². The van der Waals surface area contributed by atoms with Gasteiger partial charge >= 0.3 is 0 Å². The van der Waals surface area contributed by atoms with E-state index in [-0.39, 0.29) is 18.1 Å². The Morgan fingerprint density at radius 3 is 3.00 bits per heavy atom. The number of nitrogens with zero attached hydrogens (tertiary/aromatic N) is 3. The molecule has 0 bridgehead atoms. The number of carbonyl (C=O) groups excluding carboxylic acids is 1. The molecule has 1 N–H and O–H groups in total. The molecule has 1 unspecified atom stereocenters. The zero-order chi connectivity index (χ0) is 16.5. The largest absolute Gasteiger partial charge is 0.342 e. The fourth-order valence-electron chi connectivity index (χ4n) is 3.36. The number of aromatic amines is 1. The third-order valence-corrected chi connectivity index (χ3v) is 4.86. The van der Waals surface area contributed by atoms with Crippen LogP contribution < -0.4 is 0 Å². The molecule has 1 saturated carbocycles. The number of likely N-dealkylation sites (tertiary alicyclic amines) is 1. The van der Waals surface area contributed by atoms with Gasteiger partial charge in [0.15, 0.2) is 5.82 Å². The monoisotopic (exact) mass is 328 g/mol. The molecule has 1 saturated heterocycles. The van der Waals surface area contributed by atoms with Crippen molar-refractivity contribution in [3.05, 3.63) is 47.3 Å². The molecule has 0 radical (unpaired) electrons. The summed E-state index contributed by atoms with van der Waals surface area (Å²) in [6.45, 7) is 1.51. The molecule has 5 nitrogen and oxygen atoms in total. The molecule has 1 atom stereocenters. The summed E-state index contributed by atoms with van der Waals surface area (Å²) in [5.41, 5.74) is 0.729. The normalized spacial score (nSPS) is 20.5. The Labute approximate surface area is 140 Å². The second-order valence-electron chi connectivity index (χ2n) is 6.92. The average Bonchev–Trinajstić information content (AvgIpc) is 3.12. The van der Waals surface area contributed by atoms with Crippen LogP contribution in [0.5, 0.6) is 0 Å². The van der Waals surface area contributed by atoms with Crippen molar-refractivity contribution >= 4 is 5.91 Å². The lowest BCUT2D eigenvalue weighted by Gasteiger charge is -2.16. The lowest BCUT2D eigenvalue weighted by molar-refractivity contribution is -0.129. The minimum absolute atomic E-state index is 0.0688. The van der Waals surface area contributed by atoms with Crippen LogP contribution in [-0.4, -0.2) is 39.1 Å². The van der Waals surface area contributed by atoms with Crippen molar-refractivity contribution in [2.24, 2.45) is 5.92 Å². The fraction of sp³-hybridized carbons (Fsp3) is 0.500. The van der Waals surface area contributed by atoms with E-state index in [4.69, 9.17) is 0 Å². The van der Waals surface area contributed by atoms with Crippen LogP contribution in [0.2, 0.25) is 0 Å². The Balaban J connectivity index is 1.31. The van der Waals surface area contributed by atoms with Crippen molar-refractivity contribution in [1.29, 1.82) is 0 Å². The number of amides is 1. The Bertz CT molecular complexity index is 740. The highest BCUT2D eigenvalue weighted by Crippen LogP contribution is 2.37. The number of aromatic nitrogens is 3. The summed E-state index contributed by atoms with van der Waals surface area (Å²) in [6, 6.07) is 6.26. The van der Waals surface area contributed by atoms with Crippen molar-refractivity contribution in [1.82, 2.24) is 20.1 Å². The van der Waals surface area contributed by atoms with Crippen LogP contribution in [0.25, 0.3) is 0 Å². The molecule has 6 heteroatoms. The predicted molar refractivity (Wildman–Crippen MR) is 86.9 cm³/mol. The van der Waals surface area contributed by atoms with E-state index in [1.54, 1.807) is 12.1 Å². The van der Waals surface area contributed by atoms with Crippen molar-refractivity contribution < 1.29 is 9.18 Å². The maximum atomic E-state index is 13.2. The molecule has 1 aromatic carbocycles. The summed E-state index contributed by atoms with van der Waals surface area (Å²) in [5, 5.41) is 7.32. The first kappa shape index (κ1) is 15.3. The van der Waals surface area contributed by atoms with E-state index in [0.717, 1.165) is 43.1 Å². The smallest absolute Gasteiger partial charge is 0.227 e. The minimum atomic E-state index is -0.295. The second kappa shape index (κ2) is 6.34. The Hall–Kier alpha value is -2.24. The molecule has 1 aromatic heterocycles.